The fourth-order valence-electron chi connectivity index (χ4n) is 2.47. The number of nitrogens with zero attached hydrogens (tertiary/aromatic N) is 2. The number of methoxy groups -OCH3 is 1. The summed E-state index contributed by atoms with van der Waals surface area (Å²) in [7, 11) is 1.08. The second kappa shape index (κ2) is 6.68. The third-order valence-corrected chi connectivity index (χ3v) is 3.72. The van der Waals surface area contributed by atoms with Crippen LogP contribution in [0.25, 0.3) is 0 Å². The van der Waals surface area contributed by atoms with Crippen molar-refractivity contribution in [2.75, 3.05) is 20.2 Å². The van der Waals surface area contributed by atoms with Crippen LogP contribution in [0.2, 0.25) is 12.6 Å². The average Bonchev–Trinajstić information content (AvgIpc) is 2.50. The van der Waals surface area contributed by atoms with Crippen LogP contribution in [0.3, 0.4) is 0 Å². The van der Waals surface area contributed by atoms with Crippen LogP contribution in [-0.2, 0) is 11.3 Å². The normalized spacial score (nSPS) is 15.6. The molecule has 2 rings (SSSR count). The minimum Gasteiger partial charge on any atom is -0.465 e. The van der Waals surface area contributed by atoms with Crippen LogP contribution in [0.5, 0.6) is 0 Å². The second-order valence-electron chi connectivity index (χ2n) is 5.07. The molecule has 0 aliphatic carbocycles. The van der Waals surface area contributed by atoms with E-state index in [2.05, 4.69) is 10.7 Å². The minimum absolute atomic E-state index is 0.0462. The summed E-state index contributed by atoms with van der Waals surface area (Å²) < 4.78 is 32.2. The molecular weight excluding hydrogens is 277 g/mol. The summed E-state index contributed by atoms with van der Waals surface area (Å²) in [6.07, 6.45) is 1.48. The predicted octanol–water partition coefficient (Wildman–Crippen LogP) is 2.12. The van der Waals surface area contributed by atoms with Gasteiger partial charge in [-0.15, -0.1) is 0 Å². The molecule has 4 nitrogen and oxygen atoms in total. The van der Waals surface area contributed by atoms with Gasteiger partial charge in [0, 0.05) is 18.1 Å². The molecule has 0 amide bonds. The third-order valence-electron chi connectivity index (χ3n) is 3.72. The van der Waals surface area contributed by atoms with Crippen LogP contribution in [0.1, 0.15) is 15.9 Å². The van der Waals surface area contributed by atoms with Crippen molar-refractivity contribution in [2.24, 2.45) is 0 Å². The number of nitriles is 1. The smallest absolute Gasteiger partial charge is 0.343 e. The monoisotopic (exact) mass is 292 g/mol. The van der Waals surface area contributed by atoms with E-state index < -0.39 is 23.2 Å². The lowest BCUT2D eigenvalue weighted by molar-refractivity contribution is 0.0589. The number of carbonyl (C=O) groups excluding carboxylic acids is 1. The lowest BCUT2D eigenvalue weighted by atomic mass is 9.45. The Morgan fingerprint density at radius 3 is 2.67 bits per heavy atom. The van der Waals surface area contributed by atoms with Crippen LogP contribution in [0.4, 0.5) is 8.78 Å². The molecule has 0 aromatic heterocycles. The second-order valence-corrected chi connectivity index (χ2v) is 5.07. The largest absolute Gasteiger partial charge is 0.465 e. The first-order valence-corrected chi connectivity index (χ1v) is 6.74. The summed E-state index contributed by atoms with van der Waals surface area (Å²) in [6, 6.07) is 2.42. The van der Waals surface area contributed by atoms with Gasteiger partial charge in [0.05, 0.1) is 7.11 Å². The van der Waals surface area contributed by atoms with E-state index >= 15 is 0 Å². The first kappa shape index (κ1) is 15.5. The molecule has 0 atom stereocenters. The zero-order chi connectivity index (χ0) is 15.4. The van der Waals surface area contributed by atoms with Gasteiger partial charge in [-0.2, -0.15) is 0 Å². The molecule has 1 fully saturated rings. The van der Waals surface area contributed by atoms with Gasteiger partial charge in [-0.25, -0.2) is 18.8 Å². The van der Waals surface area contributed by atoms with E-state index in [1.54, 1.807) is 0 Å². The van der Waals surface area contributed by atoms with E-state index in [1.165, 1.54) is 6.07 Å². The van der Waals surface area contributed by atoms with Crippen molar-refractivity contribution in [3.05, 3.63) is 34.9 Å². The quantitative estimate of drug-likeness (QED) is 0.632. The molecule has 1 saturated heterocycles. The van der Waals surface area contributed by atoms with Crippen LogP contribution in [0, 0.1) is 22.9 Å². The standard InChI is InChI=1S/C14H15BF2N2O2/c1-21-14(20)12-11(16)3-2-10(13(12)17)8-19-6-4-15(9-18)5-7-19/h2-3H,4-8H2,1H3. The maximum atomic E-state index is 14.2. The Morgan fingerprint density at radius 1 is 1.43 bits per heavy atom. The molecule has 1 aliphatic rings. The Bertz CT molecular complexity index is 581. The number of benzene rings is 1. The van der Waals surface area contributed by atoms with Gasteiger partial charge in [0.2, 0.25) is 0 Å². The highest BCUT2D eigenvalue weighted by Crippen LogP contribution is 2.21. The van der Waals surface area contributed by atoms with E-state index in [0.717, 1.165) is 25.8 Å². The zero-order valence-electron chi connectivity index (χ0n) is 11.7. The molecule has 0 N–H and O–H groups in total. The lowest BCUT2D eigenvalue weighted by Crippen LogP contribution is -2.36. The molecule has 0 spiro atoms. The fraction of sp³-hybridized carbons (Fsp3) is 0.429. The molecule has 21 heavy (non-hydrogen) atoms. The first-order chi connectivity index (χ1) is 10.1. The molecule has 0 unspecified atom stereocenters. The van der Waals surface area contributed by atoms with Crippen molar-refractivity contribution in [3.63, 3.8) is 0 Å². The van der Waals surface area contributed by atoms with Crippen LogP contribution < -0.4 is 0 Å². The molecule has 1 aromatic carbocycles. The zero-order valence-corrected chi connectivity index (χ0v) is 11.7. The van der Waals surface area contributed by atoms with E-state index in [-0.39, 0.29) is 18.8 Å². The van der Waals surface area contributed by atoms with Gasteiger partial charge < -0.3 is 9.64 Å². The highest BCUT2D eigenvalue weighted by Gasteiger charge is 2.25. The number of hydrogen-bond acceptors (Lipinski definition) is 4. The van der Waals surface area contributed by atoms with E-state index in [4.69, 9.17) is 5.26 Å². The summed E-state index contributed by atoms with van der Waals surface area (Å²) >= 11 is 0. The molecule has 1 heterocycles. The number of hydrogen-bond donors (Lipinski definition) is 0. The Labute approximate surface area is 122 Å². The van der Waals surface area contributed by atoms with Crippen molar-refractivity contribution in [1.29, 1.82) is 5.26 Å². The number of halogens is 2. The molecule has 0 radical (unpaired) electrons. The Hall–Kier alpha value is -1.94. The molecule has 0 saturated carbocycles. The van der Waals surface area contributed by atoms with Crippen LogP contribution in [-0.4, -0.2) is 37.8 Å². The van der Waals surface area contributed by atoms with Crippen molar-refractivity contribution < 1.29 is 18.3 Å². The maximum absolute atomic E-state index is 14.2. The predicted molar refractivity (Wildman–Crippen MR) is 74.0 cm³/mol. The summed E-state index contributed by atoms with van der Waals surface area (Å²) in [5, 5.41) is 8.84. The Kier molecular flexibility index (Phi) is 4.92. The highest BCUT2D eigenvalue weighted by molar-refractivity contribution is 6.67. The molecule has 0 bridgehead atoms. The topological polar surface area (TPSA) is 53.3 Å². The van der Waals surface area contributed by atoms with Gasteiger partial charge in [-0.05, 0) is 31.8 Å². The van der Waals surface area contributed by atoms with E-state index in [9.17, 15) is 13.6 Å². The molecule has 110 valence electrons. The van der Waals surface area contributed by atoms with Gasteiger partial charge in [0.1, 0.15) is 17.2 Å². The summed E-state index contributed by atoms with van der Waals surface area (Å²) in [5.74, 6) is -0.587. The fourth-order valence-corrected chi connectivity index (χ4v) is 2.47. The molecule has 1 aliphatic heterocycles. The number of rotatable bonds is 3. The van der Waals surface area contributed by atoms with Crippen molar-refractivity contribution in [3.8, 4) is 5.97 Å². The lowest BCUT2D eigenvalue weighted by Gasteiger charge is -2.28. The average molecular weight is 292 g/mol. The van der Waals surface area contributed by atoms with Gasteiger partial charge in [0.15, 0.2) is 0 Å². The molecular formula is C14H15BF2N2O2. The summed E-state index contributed by atoms with van der Waals surface area (Å²) in [5.41, 5.74) is -0.394. The van der Waals surface area contributed by atoms with Crippen LogP contribution in [0.15, 0.2) is 12.1 Å². The SMILES string of the molecule is COC(=O)c1c(F)ccc(CN2CCB(C#N)CC2)c1F. The Morgan fingerprint density at radius 2 is 2.10 bits per heavy atom. The van der Waals surface area contributed by atoms with Gasteiger partial charge in [-0.1, -0.05) is 6.07 Å². The summed E-state index contributed by atoms with van der Waals surface area (Å²) in [4.78, 5) is 13.4. The van der Waals surface area contributed by atoms with Gasteiger partial charge >= 0.3 is 5.97 Å². The summed E-state index contributed by atoms with van der Waals surface area (Å²) in [6.45, 7) is 1.70. The van der Waals surface area contributed by atoms with E-state index in [1.807, 2.05) is 4.90 Å². The molecule has 1 aromatic rings. The van der Waals surface area contributed by atoms with Gasteiger partial charge in [-0.3, -0.25) is 0 Å². The van der Waals surface area contributed by atoms with Crippen molar-refractivity contribution in [1.82, 2.24) is 4.90 Å². The van der Waals surface area contributed by atoms with Gasteiger partial charge in [0.25, 0.3) is 6.71 Å². The number of ether oxygens (including phenoxy) is 1. The highest BCUT2D eigenvalue weighted by atomic mass is 19.1. The third kappa shape index (κ3) is 3.39. The number of esters is 1. The Balaban J connectivity index is 2.15. The molecule has 7 heteroatoms. The maximum Gasteiger partial charge on any atom is 0.343 e. The van der Waals surface area contributed by atoms with E-state index in [0.29, 0.717) is 13.1 Å². The number of carbonyl (C=O) groups is 1. The van der Waals surface area contributed by atoms with Crippen molar-refractivity contribution >= 4 is 12.7 Å². The van der Waals surface area contributed by atoms with Crippen LogP contribution >= 0.6 is 0 Å². The van der Waals surface area contributed by atoms with Crippen molar-refractivity contribution in [2.45, 2.75) is 19.2 Å². The minimum atomic E-state index is -1.02. The first-order valence-electron chi connectivity index (χ1n) is 6.74.